The summed E-state index contributed by atoms with van der Waals surface area (Å²) in [6.07, 6.45) is 7.66. The SMILES string of the molecule is Cc1[nH]nc(C(=O)Cc2cnc3[nH]c(-c4ccnc(N5CCCCC5)c4)cc3c2)c1C. The van der Waals surface area contributed by atoms with Crippen molar-refractivity contribution in [1.82, 2.24) is 25.1 Å². The average Bonchev–Trinajstić information content (AvgIpc) is 3.37. The molecule has 0 spiro atoms. The van der Waals surface area contributed by atoms with Gasteiger partial charge in [0.1, 0.15) is 17.2 Å². The smallest absolute Gasteiger partial charge is 0.187 e. The Morgan fingerprint density at radius 3 is 2.71 bits per heavy atom. The van der Waals surface area contributed by atoms with Crippen LogP contribution in [0.25, 0.3) is 22.3 Å². The number of fused-ring (bicyclic) bond motifs is 1. The highest BCUT2D eigenvalue weighted by atomic mass is 16.1. The highest BCUT2D eigenvalue weighted by molar-refractivity contribution is 5.97. The molecule has 0 saturated carbocycles. The third kappa shape index (κ3) is 3.83. The van der Waals surface area contributed by atoms with E-state index in [2.05, 4.69) is 42.2 Å². The molecule has 5 heterocycles. The Balaban J connectivity index is 1.40. The van der Waals surface area contributed by atoms with E-state index in [4.69, 9.17) is 0 Å². The van der Waals surface area contributed by atoms with Crippen LogP contribution in [0.2, 0.25) is 0 Å². The number of carbonyl (C=O) groups excluding carboxylic acids is 1. The topological polar surface area (TPSA) is 90.6 Å². The van der Waals surface area contributed by atoms with Crippen LogP contribution in [0.15, 0.2) is 36.7 Å². The molecule has 0 unspecified atom stereocenters. The van der Waals surface area contributed by atoms with Gasteiger partial charge in [-0.15, -0.1) is 0 Å². The van der Waals surface area contributed by atoms with Crippen LogP contribution >= 0.6 is 0 Å². The molecule has 0 atom stereocenters. The number of Topliss-reactive ketones (excluding diaryl/α,β-unsaturated/α-hetero) is 1. The molecule has 1 aliphatic rings. The Morgan fingerprint density at radius 1 is 1.10 bits per heavy atom. The summed E-state index contributed by atoms with van der Waals surface area (Å²) in [5.74, 6) is 1.03. The molecule has 0 aliphatic carbocycles. The predicted molar refractivity (Wildman–Crippen MR) is 121 cm³/mol. The van der Waals surface area contributed by atoms with Crippen molar-refractivity contribution in [2.24, 2.45) is 0 Å². The van der Waals surface area contributed by atoms with Gasteiger partial charge in [-0.1, -0.05) is 0 Å². The van der Waals surface area contributed by atoms with E-state index in [1.165, 1.54) is 19.3 Å². The number of aromatic amines is 2. The molecule has 2 N–H and O–H groups in total. The van der Waals surface area contributed by atoms with E-state index in [9.17, 15) is 4.79 Å². The van der Waals surface area contributed by atoms with Crippen LogP contribution in [-0.4, -0.2) is 44.0 Å². The third-order valence-electron chi connectivity index (χ3n) is 6.15. The minimum absolute atomic E-state index is 0.000865. The van der Waals surface area contributed by atoms with E-state index < -0.39 is 0 Å². The fourth-order valence-electron chi connectivity index (χ4n) is 4.22. The summed E-state index contributed by atoms with van der Waals surface area (Å²) in [5.41, 5.74) is 6.13. The summed E-state index contributed by atoms with van der Waals surface area (Å²) in [7, 11) is 0. The van der Waals surface area contributed by atoms with E-state index in [-0.39, 0.29) is 12.2 Å². The van der Waals surface area contributed by atoms with E-state index in [1.807, 2.05) is 32.2 Å². The normalized spacial score (nSPS) is 14.3. The maximum atomic E-state index is 12.7. The van der Waals surface area contributed by atoms with Gasteiger partial charge in [0.25, 0.3) is 0 Å². The zero-order valence-electron chi connectivity index (χ0n) is 17.9. The second-order valence-corrected chi connectivity index (χ2v) is 8.34. The van der Waals surface area contributed by atoms with Gasteiger partial charge in [-0.2, -0.15) is 5.10 Å². The maximum absolute atomic E-state index is 12.7. The molecule has 31 heavy (non-hydrogen) atoms. The summed E-state index contributed by atoms with van der Waals surface area (Å²) in [5, 5.41) is 8.03. The summed E-state index contributed by atoms with van der Waals surface area (Å²) in [6, 6.07) is 8.28. The molecular weight excluding hydrogens is 388 g/mol. The summed E-state index contributed by atoms with van der Waals surface area (Å²) >= 11 is 0. The van der Waals surface area contributed by atoms with Crippen LogP contribution in [0.5, 0.6) is 0 Å². The van der Waals surface area contributed by atoms with Crippen LogP contribution < -0.4 is 4.90 Å². The van der Waals surface area contributed by atoms with Gasteiger partial charge in [-0.3, -0.25) is 9.89 Å². The van der Waals surface area contributed by atoms with Crippen molar-refractivity contribution in [3.8, 4) is 11.3 Å². The fourth-order valence-corrected chi connectivity index (χ4v) is 4.22. The van der Waals surface area contributed by atoms with Gasteiger partial charge in [-0.05, 0) is 62.9 Å². The second-order valence-electron chi connectivity index (χ2n) is 8.34. The molecule has 0 bridgehead atoms. The highest BCUT2D eigenvalue weighted by Gasteiger charge is 2.16. The average molecular weight is 415 g/mol. The first-order chi connectivity index (χ1) is 15.1. The first-order valence-electron chi connectivity index (χ1n) is 10.8. The van der Waals surface area contributed by atoms with Crippen molar-refractivity contribution in [3.05, 3.63) is 59.2 Å². The first-order valence-corrected chi connectivity index (χ1v) is 10.8. The van der Waals surface area contributed by atoms with Crippen LogP contribution in [0.1, 0.15) is 46.6 Å². The maximum Gasteiger partial charge on any atom is 0.187 e. The number of nitrogens with zero attached hydrogens (tertiary/aromatic N) is 4. The Morgan fingerprint density at radius 2 is 1.94 bits per heavy atom. The van der Waals surface area contributed by atoms with Gasteiger partial charge in [-0.25, -0.2) is 9.97 Å². The number of aromatic nitrogens is 5. The Bertz CT molecular complexity index is 1250. The van der Waals surface area contributed by atoms with Crippen molar-refractivity contribution < 1.29 is 4.79 Å². The minimum Gasteiger partial charge on any atom is -0.357 e. The molecule has 0 amide bonds. The number of piperidine rings is 1. The van der Waals surface area contributed by atoms with E-state index >= 15 is 0 Å². The lowest BCUT2D eigenvalue weighted by atomic mass is 10.0. The first kappa shape index (κ1) is 19.5. The van der Waals surface area contributed by atoms with Crippen molar-refractivity contribution in [1.29, 1.82) is 0 Å². The van der Waals surface area contributed by atoms with Gasteiger partial charge in [0.15, 0.2) is 5.78 Å². The largest absolute Gasteiger partial charge is 0.357 e. The number of anilines is 1. The molecule has 158 valence electrons. The number of hydrogen-bond donors (Lipinski definition) is 2. The van der Waals surface area contributed by atoms with Gasteiger partial charge in [0.05, 0.1) is 0 Å². The number of nitrogens with one attached hydrogen (secondary N) is 2. The molecule has 5 rings (SSSR count). The van der Waals surface area contributed by atoms with Crippen LogP contribution in [-0.2, 0) is 6.42 Å². The lowest BCUT2D eigenvalue weighted by molar-refractivity contribution is 0.0987. The Hall–Kier alpha value is -3.48. The number of hydrogen-bond acceptors (Lipinski definition) is 5. The van der Waals surface area contributed by atoms with Crippen LogP contribution in [0.4, 0.5) is 5.82 Å². The molecule has 7 nitrogen and oxygen atoms in total. The molecule has 7 heteroatoms. The second kappa shape index (κ2) is 7.98. The van der Waals surface area contributed by atoms with Gasteiger partial charge in [0, 0.05) is 59.8 Å². The van der Waals surface area contributed by atoms with E-state index in [0.29, 0.717) is 5.69 Å². The molecule has 4 aromatic heterocycles. The van der Waals surface area contributed by atoms with Gasteiger partial charge in [0.2, 0.25) is 0 Å². The molecule has 1 aliphatic heterocycles. The number of aryl methyl sites for hydroxylation is 1. The molecular formula is C24H26N6O. The fraction of sp³-hybridized carbons (Fsp3) is 0.333. The highest BCUT2D eigenvalue weighted by Crippen LogP contribution is 2.27. The number of carbonyl (C=O) groups is 1. The van der Waals surface area contributed by atoms with Gasteiger partial charge < -0.3 is 9.88 Å². The zero-order chi connectivity index (χ0) is 21.4. The Kier molecular flexibility index (Phi) is 5.02. The molecule has 0 radical (unpaired) electrons. The van der Waals surface area contributed by atoms with Crippen molar-refractivity contribution >= 4 is 22.6 Å². The lowest BCUT2D eigenvalue weighted by Gasteiger charge is -2.27. The summed E-state index contributed by atoms with van der Waals surface area (Å²) < 4.78 is 0. The van der Waals surface area contributed by atoms with Crippen LogP contribution in [0.3, 0.4) is 0 Å². The zero-order valence-corrected chi connectivity index (χ0v) is 17.9. The lowest BCUT2D eigenvalue weighted by Crippen LogP contribution is -2.30. The molecule has 1 fully saturated rings. The van der Waals surface area contributed by atoms with Crippen molar-refractivity contribution in [2.45, 2.75) is 39.5 Å². The standard InChI is InChI=1S/C24H26N6O/c1-15-16(2)28-29-23(15)21(31)11-17-10-19-12-20(27-24(19)26-14-17)18-6-7-25-22(13-18)30-8-4-3-5-9-30/h6-7,10,12-14H,3-5,8-9,11H2,1-2H3,(H,26,27)(H,28,29). The predicted octanol–water partition coefficient (Wildman–Crippen LogP) is 4.38. The Labute approximate surface area is 180 Å². The van der Waals surface area contributed by atoms with Crippen LogP contribution in [0, 0.1) is 13.8 Å². The quantitative estimate of drug-likeness (QED) is 0.473. The van der Waals surface area contributed by atoms with Crippen molar-refractivity contribution in [3.63, 3.8) is 0 Å². The monoisotopic (exact) mass is 414 g/mol. The van der Waals surface area contributed by atoms with Gasteiger partial charge >= 0.3 is 0 Å². The van der Waals surface area contributed by atoms with Crippen molar-refractivity contribution in [2.75, 3.05) is 18.0 Å². The summed E-state index contributed by atoms with van der Waals surface area (Å²) in [6.45, 7) is 5.97. The minimum atomic E-state index is -0.000865. The number of pyridine rings is 2. The third-order valence-corrected chi connectivity index (χ3v) is 6.15. The molecule has 4 aromatic rings. The number of rotatable bonds is 5. The number of ketones is 1. The molecule has 0 aromatic carbocycles. The van der Waals surface area contributed by atoms with E-state index in [1.54, 1.807) is 6.20 Å². The number of H-pyrrole nitrogens is 2. The van der Waals surface area contributed by atoms with E-state index in [0.717, 1.165) is 58.0 Å². The summed E-state index contributed by atoms with van der Waals surface area (Å²) in [4.78, 5) is 27.6. The molecule has 1 saturated heterocycles.